The predicted octanol–water partition coefficient (Wildman–Crippen LogP) is 18.0. The van der Waals surface area contributed by atoms with Crippen molar-refractivity contribution < 1.29 is 4.42 Å². The standard InChI is InChI=1S/C60H41N3OS/c1-6-19-43(20-7-1)61(44-21-8-2-9-22-44)48-35-33-42(34-36-48)52-40-50(63(47-27-14-5-15-28-47)54-30-18-32-58-60(54)51-29-16-17-31-57(51)65-58)41-56-59(52)53-39-49(37-38-55(53)64-56)62(45-23-10-3-11-24-45)46-25-12-4-13-26-46/h1-41H. The second-order valence-electron chi connectivity index (χ2n) is 16.1. The van der Waals surface area contributed by atoms with Gasteiger partial charge in [0.15, 0.2) is 0 Å². The summed E-state index contributed by atoms with van der Waals surface area (Å²) in [5.74, 6) is 0. The van der Waals surface area contributed by atoms with Crippen molar-refractivity contribution in [2.45, 2.75) is 0 Å². The fraction of sp³-hybridized carbons (Fsp3) is 0. The summed E-state index contributed by atoms with van der Waals surface area (Å²) in [6.07, 6.45) is 0. The van der Waals surface area contributed by atoms with E-state index in [4.69, 9.17) is 4.42 Å². The number of nitrogens with zero attached hydrogens (tertiary/aromatic N) is 3. The van der Waals surface area contributed by atoms with Crippen molar-refractivity contribution in [3.05, 3.63) is 249 Å². The Balaban J connectivity index is 1.10. The Kier molecular flexibility index (Phi) is 9.66. The van der Waals surface area contributed by atoms with Gasteiger partial charge in [-0.2, -0.15) is 0 Å². The first-order chi connectivity index (χ1) is 32.2. The van der Waals surface area contributed by atoms with Crippen LogP contribution in [0.25, 0.3) is 53.2 Å². The van der Waals surface area contributed by atoms with Crippen LogP contribution in [0.4, 0.5) is 51.2 Å². The van der Waals surface area contributed by atoms with Crippen molar-refractivity contribution in [3.8, 4) is 11.1 Å². The lowest BCUT2D eigenvalue weighted by Gasteiger charge is -2.27. The van der Waals surface area contributed by atoms with Gasteiger partial charge in [0.25, 0.3) is 0 Å². The van der Waals surface area contributed by atoms with Crippen LogP contribution in [0, 0.1) is 0 Å². The van der Waals surface area contributed by atoms with Gasteiger partial charge >= 0.3 is 0 Å². The molecule has 0 aliphatic rings. The summed E-state index contributed by atoms with van der Waals surface area (Å²) >= 11 is 1.84. The van der Waals surface area contributed by atoms with Gasteiger partial charge in [0.1, 0.15) is 11.2 Å². The molecule has 4 nitrogen and oxygen atoms in total. The third-order valence-electron chi connectivity index (χ3n) is 12.2. The number of rotatable bonds is 10. The average Bonchev–Trinajstić information content (AvgIpc) is 3.95. The molecule has 10 aromatic carbocycles. The molecular formula is C60H41N3OS. The molecule has 65 heavy (non-hydrogen) atoms. The molecule has 0 bridgehead atoms. The zero-order valence-electron chi connectivity index (χ0n) is 35.3. The molecule has 0 saturated carbocycles. The third kappa shape index (κ3) is 6.96. The minimum absolute atomic E-state index is 0.818. The summed E-state index contributed by atoms with van der Waals surface area (Å²) in [6.45, 7) is 0. The van der Waals surface area contributed by atoms with Crippen molar-refractivity contribution in [1.82, 2.24) is 0 Å². The molecule has 0 spiro atoms. The minimum atomic E-state index is 0.818. The quantitative estimate of drug-likeness (QED) is 0.137. The van der Waals surface area contributed by atoms with E-state index in [1.54, 1.807) is 0 Å². The molecule has 0 N–H and O–H groups in total. The highest BCUT2D eigenvalue weighted by molar-refractivity contribution is 7.26. The Labute approximate surface area is 381 Å². The largest absolute Gasteiger partial charge is 0.456 e. The fourth-order valence-corrected chi connectivity index (χ4v) is 10.4. The molecule has 5 heteroatoms. The Bertz CT molecular complexity index is 3510. The molecule has 2 aromatic heterocycles. The molecule has 0 unspecified atom stereocenters. The van der Waals surface area contributed by atoms with Crippen molar-refractivity contribution in [1.29, 1.82) is 0 Å². The number of hydrogen-bond acceptors (Lipinski definition) is 5. The Morgan fingerprint density at radius 3 is 1.35 bits per heavy atom. The maximum Gasteiger partial charge on any atom is 0.138 e. The third-order valence-corrected chi connectivity index (χ3v) is 13.3. The van der Waals surface area contributed by atoms with E-state index in [1.807, 2.05) is 11.3 Å². The highest BCUT2D eigenvalue weighted by Gasteiger charge is 2.24. The highest BCUT2D eigenvalue weighted by atomic mass is 32.1. The topological polar surface area (TPSA) is 22.9 Å². The van der Waals surface area contributed by atoms with E-state index < -0.39 is 0 Å². The molecule has 308 valence electrons. The van der Waals surface area contributed by atoms with Crippen LogP contribution >= 0.6 is 11.3 Å². The van der Waals surface area contributed by atoms with E-state index in [1.165, 1.54) is 20.2 Å². The zero-order valence-corrected chi connectivity index (χ0v) is 36.1. The van der Waals surface area contributed by atoms with Gasteiger partial charge in [0.05, 0.1) is 11.4 Å². The first kappa shape index (κ1) is 38.3. The molecule has 12 rings (SSSR count). The van der Waals surface area contributed by atoms with E-state index in [0.717, 1.165) is 84.3 Å². The average molecular weight is 852 g/mol. The van der Waals surface area contributed by atoms with E-state index in [2.05, 4.69) is 263 Å². The maximum absolute atomic E-state index is 6.99. The van der Waals surface area contributed by atoms with Gasteiger partial charge in [-0.3, -0.25) is 0 Å². The second-order valence-corrected chi connectivity index (χ2v) is 17.2. The van der Waals surface area contributed by atoms with Crippen LogP contribution in [0.1, 0.15) is 0 Å². The highest BCUT2D eigenvalue weighted by Crippen LogP contribution is 2.49. The lowest BCUT2D eigenvalue weighted by atomic mass is 9.97. The Morgan fingerprint density at radius 1 is 0.292 bits per heavy atom. The van der Waals surface area contributed by atoms with Crippen LogP contribution in [-0.4, -0.2) is 0 Å². The number of hydrogen-bond donors (Lipinski definition) is 0. The van der Waals surface area contributed by atoms with Crippen molar-refractivity contribution >= 4 is 105 Å². The van der Waals surface area contributed by atoms with E-state index in [0.29, 0.717) is 0 Å². The van der Waals surface area contributed by atoms with Crippen molar-refractivity contribution in [2.75, 3.05) is 14.7 Å². The molecule has 0 amide bonds. The number of fused-ring (bicyclic) bond motifs is 6. The summed E-state index contributed by atoms with van der Waals surface area (Å²) in [5, 5.41) is 4.60. The predicted molar refractivity (Wildman–Crippen MR) is 276 cm³/mol. The van der Waals surface area contributed by atoms with Crippen LogP contribution in [0.15, 0.2) is 253 Å². The van der Waals surface area contributed by atoms with E-state index in [-0.39, 0.29) is 0 Å². The van der Waals surface area contributed by atoms with Gasteiger partial charge in [-0.05, 0) is 126 Å². The molecule has 0 aliphatic heterocycles. The Morgan fingerprint density at radius 2 is 0.769 bits per heavy atom. The van der Waals surface area contributed by atoms with Gasteiger partial charge in [-0.1, -0.05) is 127 Å². The number of furan rings is 1. The SMILES string of the molecule is c1ccc(N(c2ccccc2)c2ccc(-c3cc(N(c4ccccc4)c4cccc5sc6ccccc6c45)cc4oc5ccc(N(c6ccccc6)c6ccccc6)cc5c34)cc2)cc1. The van der Waals surface area contributed by atoms with Crippen LogP contribution < -0.4 is 14.7 Å². The molecule has 0 saturated heterocycles. The lowest BCUT2D eigenvalue weighted by molar-refractivity contribution is 0.669. The smallest absolute Gasteiger partial charge is 0.138 e. The summed E-state index contributed by atoms with van der Waals surface area (Å²) in [7, 11) is 0. The van der Waals surface area contributed by atoms with Crippen LogP contribution in [-0.2, 0) is 0 Å². The fourth-order valence-electron chi connectivity index (χ4n) is 9.32. The van der Waals surface area contributed by atoms with Gasteiger partial charge in [-0.25, -0.2) is 0 Å². The molecule has 0 aliphatic carbocycles. The maximum atomic E-state index is 6.99. The van der Waals surface area contributed by atoms with Crippen LogP contribution in [0.5, 0.6) is 0 Å². The molecule has 0 fully saturated rings. The van der Waals surface area contributed by atoms with Gasteiger partial charge in [-0.15, -0.1) is 11.3 Å². The van der Waals surface area contributed by atoms with Crippen LogP contribution in [0.2, 0.25) is 0 Å². The van der Waals surface area contributed by atoms with Gasteiger partial charge in [0, 0.05) is 76.8 Å². The normalized spacial score (nSPS) is 11.4. The summed E-state index contributed by atoms with van der Waals surface area (Å²) in [6, 6.07) is 88.5. The van der Waals surface area contributed by atoms with Crippen LogP contribution in [0.3, 0.4) is 0 Å². The lowest BCUT2D eigenvalue weighted by Crippen LogP contribution is -2.10. The Hall–Kier alpha value is -8.38. The molecule has 0 radical (unpaired) electrons. The number of benzene rings is 10. The van der Waals surface area contributed by atoms with Gasteiger partial charge in [0.2, 0.25) is 0 Å². The van der Waals surface area contributed by atoms with E-state index in [9.17, 15) is 0 Å². The van der Waals surface area contributed by atoms with E-state index >= 15 is 0 Å². The number of thiophene rings is 1. The second kappa shape index (κ2) is 16.4. The minimum Gasteiger partial charge on any atom is -0.456 e. The summed E-state index contributed by atoms with van der Waals surface area (Å²) in [5.41, 5.74) is 13.5. The monoisotopic (exact) mass is 851 g/mol. The molecule has 12 aromatic rings. The summed E-state index contributed by atoms with van der Waals surface area (Å²) < 4.78 is 9.51. The van der Waals surface area contributed by atoms with Crippen molar-refractivity contribution in [2.24, 2.45) is 0 Å². The number of para-hydroxylation sites is 5. The zero-order chi connectivity index (χ0) is 43.1. The molecular weight excluding hydrogens is 811 g/mol. The van der Waals surface area contributed by atoms with Crippen molar-refractivity contribution in [3.63, 3.8) is 0 Å². The summed E-state index contributed by atoms with van der Waals surface area (Å²) in [4.78, 5) is 7.02. The first-order valence-corrected chi connectivity index (χ1v) is 22.7. The number of anilines is 9. The van der Waals surface area contributed by atoms with Gasteiger partial charge < -0.3 is 19.1 Å². The molecule has 2 heterocycles. The first-order valence-electron chi connectivity index (χ1n) is 21.9. The molecule has 0 atom stereocenters.